The topological polar surface area (TPSA) is 92.2 Å². The number of aryl methyl sites for hydroxylation is 1. The van der Waals surface area contributed by atoms with E-state index in [1.54, 1.807) is 16.8 Å². The number of nitrogens with one attached hydrogen (secondary N) is 1. The summed E-state index contributed by atoms with van der Waals surface area (Å²) < 4.78 is 21.1. The molecule has 1 N–H and O–H groups in total. The molecule has 2 aromatic carbocycles. The van der Waals surface area contributed by atoms with E-state index in [2.05, 4.69) is 30.3 Å². The second-order valence-corrected chi connectivity index (χ2v) is 9.85. The number of aromatic amines is 1. The second-order valence-electron chi connectivity index (χ2n) is 9.85. The van der Waals surface area contributed by atoms with E-state index in [4.69, 9.17) is 4.74 Å². The van der Waals surface area contributed by atoms with Crippen molar-refractivity contribution >= 4 is 16.6 Å². The lowest BCUT2D eigenvalue weighted by molar-refractivity contribution is 0.0906. The monoisotopic (exact) mass is 503 g/mol. The molecule has 2 atom stereocenters. The molecule has 4 aromatic rings. The fourth-order valence-corrected chi connectivity index (χ4v) is 5.51. The van der Waals surface area contributed by atoms with Gasteiger partial charge in [-0.15, -0.1) is 5.10 Å². The Morgan fingerprint density at radius 3 is 2.70 bits per heavy atom. The molecule has 2 aromatic heterocycles. The van der Waals surface area contributed by atoms with Crippen molar-refractivity contribution in [3.05, 3.63) is 81.7 Å². The first-order valence-corrected chi connectivity index (χ1v) is 12.8. The third-order valence-corrected chi connectivity index (χ3v) is 7.49. The van der Waals surface area contributed by atoms with E-state index in [-0.39, 0.29) is 17.5 Å². The van der Waals surface area contributed by atoms with Gasteiger partial charge < -0.3 is 14.6 Å². The van der Waals surface area contributed by atoms with Crippen LogP contribution in [0, 0.1) is 12.7 Å². The highest BCUT2D eigenvalue weighted by Crippen LogP contribution is 2.30. The van der Waals surface area contributed by atoms with E-state index in [1.807, 2.05) is 31.2 Å². The number of anilines is 1. The molecule has 6 rings (SSSR count). The van der Waals surface area contributed by atoms with Crippen LogP contribution in [0.1, 0.15) is 35.8 Å². The molecular weight excluding hydrogens is 473 g/mol. The summed E-state index contributed by atoms with van der Waals surface area (Å²) in [6, 6.07) is 14.1. The van der Waals surface area contributed by atoms with Gasteiger partial charge in [-0.3, -0.25) is 9.69 Å². The van der Waals surface area contributed by atoms with Gasteiger partial charge in [0.1, 0.15) is 11.9 Å². The first-order valence-electron chi connectivity index (χ1n) is 12.8. The third kappa shape index (κ3) is 4.74. The normalized spacial score (nSPS) is 19.5. The number of pyridine rings is 1. The van der Waals surface area contributed by atoms with Crippen LogP contribution in [-0.4, -0.2) is 69.0 Å². The number of tetrazole rings is 1. The molecule has 0 saturated carbocycles. The number of halogens is 1. The van der Waals surface area contributed by atoms with E-state index in [0.29, 0.717) is 31.0 Å². The van der Waals surface area contributed by atoms with Crippen molar-refractivity contribution < 1.29 is 9.13 Å². The van der Waals surface area contributed by atoms with Crippen molar-refractivity contribution in [2.45, 2.75) is 38.5 Å². The molecule has 0 unspecified atom stereocenters. The number of nitrogens with zero attached hydrogens (tertiary/aromatic N) is 6. The molecule has 0 spiro atoms. The van der Waals surface area contributed by atoms with Crippen LogP contribution in [0.2, 0.25) is 0 Å². The molecular formula is C27H30FN7O2. The largest absolute Gasteiger partial charge is 0.376 e. The van der Waals surface area contributed by atoms with Gasteiger partial charge in [0.25, 0.3) is 5.56 Å². The maximum absolute atomic E-state index is 13.5. The zero-order chi connectivity index (χ0) is 25.4. The lowest BCUT2D eigenvalue weighted by Gasteiger charge is -2.39. The van der Waals surface area contributed by atoms with E-state index in [0.717, 1.165) is 54.7 Å². The number of para-hydroxylation sites is 1. The molecule has 0 bridgehead atoms. The maximum atomic E-state index is 13.5. The van der Waals surface area contributed by atoms with Gasteiger partial charge in [0, 0.05) is 44.0 Å². The van der Waals surface area contributed by atoms with Crippen LogP contribution in [0.3, 0.4) is 0 Å². The number of rotatable bonds is 6. The number of hydrogen-bond donors (Lipinski definition) is 1. The Kier molecular flexibility index (Phi) is 6.43. The van der Waals surface area contributed by atoms with Crippen LogP contribution in [0.25, 0.3) is 10.9 Å². The number of benzene rings is 2. The van der Waals surface area contributed by atoms with E-state index in [1.165, 1.54) is 12.1 Å². The summed E-state index contributed by atoms with van der Waals surface area (Å²) in [4.78, 5) is 21.1. The highest BCUT2D eigenvalue weighted by atomic mass is 19.1. The lowest BCUT2D eigenvalue weighted by Crippen LogP contribution is -2.49. The average Bonchev–Trinajstić information content (AvgIpc) is 3.59. The fourth-order valence-electron chi connectivity index (χ4n) is 5.51. The molecule has 9 nitrogen and oxygen atoms in total. The predicted molar refractivity (Wildman–Crippen MR) is 138 cm³/mol. The van der Waals surface area contributed by atoms with Crippen molar-refractivity contribution in [3.8, 4) is 0 Å². The van der Waals surface area contributed by atoms with Crippen molar-refractivity contribution in [1.82, 2.24) is 30.1 Å². The highest BCUT2D eigenvalue weighted by molar-refractivity contribution is 5.82. The number of ether oxygens (including phenoxy) is 1. The maximum Gasteiger partial charge on any atom is 0.253 e. The van der Waals surface area contributed by atoms with Crippen molar-refractivity contribution in [2.24, 2.45) is 0 Å². The minimum Gasteiger partial charge on any atom is -0.376 e. The van der Waals surface area contributed by atoms with Crippen molar-refractivity contribution in [1.29, 1.82) is 0 Å². The van der Waals surface area contributed by atoms with E-state index < -0.39 is 6.04 Å². The zero-order valence-corrected chi connectivity index (χ0v) is 20.8. The molecule has 10 heteroatoms. The van der Waals surface area contributed by atoms with Crippen LogP contribution < -0.4 is 10.5 Å². The smallest absolute Gasteiger partial charge is 0.253 e. The van der Waals surface area contributed by atoms with Crippen LogP contribution in [0.15, 0.2) is 53.3 Å². The molecule has 0 aliphatic carbocycles. The summed E-state index contributed by atoms with van der Waals surface area (Å²) >= 11 is 0. The number of hydrogen-bond acceptors (Lipinski definition) is 7. The van der Waals surface area contributed by atoms with Gasteiger partial charge in [-0.2, -0.15) is 0 Å². The standard InChI is InChI=1S/C27H30FN7O2/c1-18-4-2-5-19-16-23(27(36)29-24(18)19)25(26-30-31-32-35(26)17-22-6-3-15-37-22)34-13-11-33(12-14-34)21-9-7-20(28)8-10-21/h2,4-5,7-10,16,22,25H,3,6,11-15,17H2,1H3,(H,29,36)/t22-,25+/m1/s1. The van der Waals surface area contributed by atoms with E-state index >= 15 is 0 Å². The molecule has 2 aliphatic rings. The highest BCUT2D eigenvalue weighted by Gasteiger charge is 2.33. The summed E-state index contributed by atoms with van der Waals surface area (Å²) in [5.74, 6) is 0.398. The molecule has 0 amide bonds. The fraction of sp³-hybridized carbons (Fsp3) is 0.407. The second kappa shape index (κ2) is 10.0. The summed E-state index contributed by atoms with van der Waals surface area (Å²) in [6.45, 7) is 6.16. The van der Waals surface area contributed by atoms with Crippen LogP contribution in [0.4, 0.5) is 10.1 Å². The molecule has 37 heavy (non-hydrogen) atoms. The van der Waals surface area contributed by atoms with Gasteiger partial charge in [-0.25, -0.2) is 9.07 Å². The minimum atomic E-state index is -0.416. The Morgan fingerprint density at radius 2 is 1.95 bits per heavy atom. The van der Waals surface area contributed by atoms with Gasteiger partial charge in [0.05, 0.1) is 18.2 Å². The average molecular weight is 504 g/mol. The first kappa shape index (κ1) is 23.7. The first-order chi connectivity index (χ1) is 18.1. The molecule has 192 valence electrons. The summed E-state index contributed by atoms with van der Waals surface area (Å²) in [6.07, 6.45) is 2.06. The Balaban J connectivity index is 1.36. The Morgan fingerprint density at radius 1 is 1.14 bits per heavy atom. The van der Waals surface area contributed by atoms with Gasteiger partial charge in [-0.05, 0) is 71.5 Å². The molecule has 0 radical (unpaired) electrons. The van der Waals surface area contributed by atoms with Gasteiger partial charge in [0.2, 0.25) is 0 Å². The van der Waals surface area contributed by atoms with Gasteiger partial charge in [-0.1, -0.05) is 18.2 Å². The molecule has 2 fully saturated rings. The van der Waals surface area contributed by atoms with Crippen molar-refractivity contribution in [2.75, 3.05) is 37.7 Å². The van der Waals surface area contributed by atoms with Crippen LogP contribution in [0.5, 0.6) is 0 Å². The number of fused-ring (bicyclic) bond motifs is 1. The lowest BCUT2D eigenvalue weighted by atomic mass is 10.0. The Bertz CT molecular complexity index is 1440. The van der Waals surface area contributed by atoms with Crippen molar-refractivity contribution in [3.63, 3.8) is 0 Å². The Labute approximate surface area is 213 Å². The molecule has 2 aliphatic heterocycles. The van der Waals surface area contributed by atoms with Crippen LogP contribution >= 0.6 is 0 Å². The SMILES string of the molecule is Cc1cccc2cc([C@@H](c3nnnn3C[C@H]3CCCO3)N3CCN(c4ccc(F)cc4)CC3)c(=O)[nH]c12. The number of aromatic nitrogens is 5. The van der Waals surface area contributed by atoms with E-state index in [9.17, 15) is 9.18 Å². The molecule has 4 heterocycles. The minimum absolute atomic E-state index is 0.0655. The van der Waals surface area contributed by atoms with Gasteiger partial charge >= 0.3 is 0 Å². The third-order valence-electron chi connectivity index (χ3n) is 7.49. The summed E-state index contributed by atoms with van der Waals surface area (Å²) in [7, 11) is 0. The summed E-state index contributed by atoms with van der Waals surface area (Å²) in [5, 5.41) is 13.7. The predicted octanol–water partition coefficient (Wildman–Crippen LogP) is 3.05. The molecule has 2 saturated heterocycles. The zero-order valence-electron chi connectivity index (χ0n) is 20.8. The number of H-pyrrole nitrogens is 1. The number of piperazine rings is 1. The summed E-state index contributed by atoms with van der Waals surface area (Å²) in [5.41, 5.74) is 3.33. The van der Waals surface area contributed by atoms with Crippen LogP contribution in [-0.2, 0) is 11.3 Å². The Hall–Kier alpha value is -3.63. The quantitative estimate of drug-likeness (QED) is 0.432. The van der Waals surface area contributed by atoms with Gasteiger partial charge in [0.15, 0.2) is 5.82 Å².